The van der Waals surface area contributed by atoms with Crippen molar-refractivity contribution in [2.75, 3.05) is 26.7 Å². The Morgan fingerprint density at radius 1 is 1.21 bits per heavy atom. The fourth-order valence-corrected chi connectivity index (χ4v) is 4.00. The first kappa shape index (κ1) is 19.8. The second-order valence-electron chi connectivity index (χ2n) is 7.48. The lowest BCUT2D eigenvalue weighted by molar-refractivity contribution is -0.137. The maximum atomic E-state index is 13.7. The van der Waals surface area contributed by atoms with Gasteiger partial charge in [-0.25, -0.2) is 4.39 Å². The summed E-state index contributed by atoms with van der Waals surface area (Å²) in [6.45, 7) is 2.08. The topological polar surface area (TPSA) is 32.8 Å². The van der Waals surface area contributed by atoms with E-state index in [1.165, 1.54) is 0 Å². The molecule has 0 aliphatic carbocycles. The quantitative estimate of drug-likeness (QED) is 0.720. The van der Waals surface area contributed by atoms with Gasteiger partial charge in [0.25, 0.3) is 5.91 Å². The number of fused-ring (bicyclic) bond motifs is 1. The summed E-state index contributed by atoms with van der Waals surface area (Å²) in [5.41, 5.74) is 1.79. The summed E-state index contributed by atoms with van der Waals surface area (Å²) in [4.78, 5) is 15.8. The highest BCUT2D eigenvalue weighted by Crippen LogP contribution is 2.33. The molecule has 0 unspecified atom stereocenters. The van der Waals surface area contributed by atoms with Crippen LogP contribution in [0.4, 0.5) is 17.6 Å². The zero-order valence-electron chi connectivity index (χ0n) is 15.8. The van der Waals surface area contributed by atoms with Gasteiger partial charge in [-0.1, -0.05) is 12.1 Å². The van der Waals surface area contributed by atoms with E-state index in [1.54, 1.807) is 18.0 Å². The first-order valence-corrected chi connectivity index (χ1v) is 9.30. The molecule has 8 heteroatoms. The smallest absolute Gasteiger partial charge is 0.371 e. The van der Waals surface area contributed by atoms with Crippen molar-refractivity contribution in [1.82, 2.24) is 9.80 Å². The molecule has 29 heavy (non-hydrogen) atoms. The summed E-state index contributed by atoms with van der Waals surface area (Å²) >= 11 is 0. The molecule has 2 aliphatic heterocycles. The summed E-state index contributed by atoms with van der Waals surface area (Å²) < 4.78 is 58.5. The molecule has 4 nitrogen and oxygen atoms in total. The SMILES string of the molecule is CN1Cc2c(cccc2[C@H]2CN(Cc3cc(F)cc(C(F)(F)F)c3)CCO2)C1=O. The number of hydrogen-bond acceptors (Lipinski definition) is 3. The summed E-state index contributed by atoms with van der Waals surface area (Å²) in [6, 6.07) is 8.15. The van der Waals surface area contributed by atoms with E-state index in [-0.39, 0.29) is 24.1 Å². The number of nitrogens with zero attached hydrogens (tertiary/aromatic N) is 2. The molecule has 2 aromatic carbocycles. The standard InChI is InChI=1S/C21H20F4N2O2/c1-26-11-18-16(3-2-4-17(18)20(26)28)19-12-27(5-6-29-19)10-13-7-14(21(23,24)25)9-15(22)8-13/h2-4,7-9,19H,5-6,10-12H2,1H3/t19-/m1/s1. The third-order valence-corrected chi connectivity index (χ3v) is 5.37. The molecule has 1 saturated heterocycles. The van der Waals surface area contributed by atoms with Gasteiger partial charge in [-0.15, -0.1) is 0 Å². The molecular weight excluding hydrogens is 388 g/mol. The molecule has 0 N–H and O–H groups in total. The van der Waals surface area contributed by atoms with E-state index in [4.69, 9.17) is 4.74 Å². The molecule has 2 heterocycles. The lowest BCUT2D eigenvalue weighted by atomic mass is 9.97. The van der Waals surface area contributed by atoms with Gasteiger partial charge in [0.15, 0.2) is 0 Å². The van der Waals surface area contributed by atoms with Crippen LogP contribution in [0, 0.1) is 5.82 Å². The average molecular weight is 408 g/mol. The summed E-state index contributed by atoms with van der Waals surface area (Å²) in [5, 5.41) is 0. The van der Waals surface area contributed by atoms with Gasteiger partial charge in [0, 0.05) is 38.8 Å². The molecule has 0 saturated carbocycles. The Hall–Kier alpha value is -2.45. The van der Waals surface area contributed by atoms with Gasteiger partial charge in [0.2, 0.25) is 0 Å². The van der Waals surface area contributed by atoms with Crippen molar-refractivity contribution in [1.29, 1.82) is 0 Å². The number of halogens is 4. The molecule has 0 spiro atoms. The largest absolute Gasteiger partial charge is 0.416 e. The van der Waals surface area contributed by atoms with Gasteiger partial charge in [0.05, 0.1) is 18.3 Å². The van der Waals surface area contributed by atoms with Crippen LogP contribution in [0.1, 0.15) is 38.7 Å². The highest BCUT2D eigenvalue weighted by Gasteiger charge is 2.33. The average Bonchev–Trinajstić information content (AvgIpc) is 2.95. The number of morpholine rings is 1. The minimum absolute atomic E-state index is 0.0334. The monoisotopic (exact) mass is 408 g/mol. The fraction of sp³-hybridized carbons (Fsp3) is 0.381. The van der Waals surface area contributed by atoms with Gasteiger partial charge >= 0.3 is 6.18 Å². The van der Waals surface area contributed by atoms with E-state index in [0.717, 1.165) is 23.3 Å². The molecule has 1 atom stereocenters. The first-order valence-electron chi connectivity index (χ1n) is 9.30. The Morgan fingerprint density at radius 2 is 2.00 bits per heavy atom. The fourth-order valence-electron chi connectivity index (χ4n) is 4.00. The minimum Gasteiger partial charge on any atom is -0.371 e. The lowest BCUT2D eigenvalue weighted by Gasteiger charge is -2.34. The summed E-state index contributed by atoms with van der Waals surface area (Å²) in [6.07, 6.45) is -4.89. The van der Waals surface area contributed by atoms with E-state index in [0.29, 0.717) is 37.9 Å². The van der Waals surface area contributed by atoms with Crippen molar-refractivity contribution in [3.05, 3.63) is 70.0 Å². The Morgan fingerprint density at radius 3 is 2.76 bits per heavy atom. The number of amides is 1. The molecule has 1 fully saturated rings. The van der Waals surface area contributed by atoms with E-state index in [9.17, 15) is 22.4 Å². The van der Waals surface area contributed by atoms with Crippen LogP contribution in [0.3, 0.4) is 0 Å². The number of hydrogen-bond donors (Lipinski definition) is 0. The zero-order valence-corrected chi connectivity index (χ0v) is 15.8. The van der Waals surface area contributed by atoms with Crippen molar-refractivity contribution in [2.24, 2.45) is 0 Å². The maximum absolute atomic E-state index is 13.7. The van der Waals surface area contributed by atoms with Crippen molar-refractivity contribution in [3.63, 3.8) is 0 Å². The molecule has 0 bridgehead atoms. The lowest BCUT2D eigenvalue weighted by Crippen LogP contribution is -2.38. The Balaban J connectivity index is 1.54. The maximum Gasteiger partial charge on any atom is 0.416 e. The van der Waals surface area contributed by atoms with Gasteiger partial charge in [0.1, 0.15) is 5.82 Å². The van der Waals surface area contributed by atoms with Crippen LogP contribution < -0.4 is 0 Å². The summed E-state index contributed by atoms with van der Waals surface area (Å²) in [5.74, 6) is -0.934. The second-order valence-corrected chi connectivity index (χ2v) is 7.48. The molecule has 2 aromatic rings. The van der Waals surface area contributed by atoms with Crippen LogP contribution >= 0.6 is 0 Å². The third-order valence-electron chi connectivity index (χ3n) is 5.37. The van der Waals surface area contributed by atoms with E-state index in [2.05, 4.69) is 0 Å². The van der Waals surface area contributed by atoms with Gasteiger partial charge in [-0.2, -0.15) is 13.2 Å². The highest BCUT2D eigenvalue weighted by atomic mass is 19.4. The third kappa shape index (κ3) is 4.00. The number of carbonyl (C=O) groups is 1. The van der Waals surface area contributed by atoms with Crippen molar-refractivity contribution < 1.29 is 27.1 Å². The normalized spacial score (nSPS) is 20.2. The van der Waals surface area contributed by atoms with E-state index >= 15 is 0 Å². The van der Waals surface area contributed by atoms with Crippen molar-refractivity contribution in [2.45, 2.75) is 25.4 Å². The highest BCUT2D eigenvalue weighted by molar-refractivity contribution is 5.98. The van der Waals surface area contributed by atoms with E-state index < -0.39 is 17.6 Å². The molecule has 4 rings (SSSR count). The molecule has 2 aliphatic rings. The zero-order chi connectivity index (χ0) is 20.8. The van der Waals surface area contributed by atoms with E-state index in [1.807, 2.05) is 17.0 Å². The van der Waals surface area contributed by atoms with Gasteiger partial charge in [-0.3, -0.25) is 9.69 Å². The first-order chi connectivity index (χ1) is 13.7. The van der Waals surface area contributed by atoms with Crippen LogP contribution in [0.15, 0.2) is 36.4 Å². The molecule has 0 aromatic heterocycles. The van der Waals surface area contributed by atoms with Crippen LogP contribution in [-0.4, -0.2) is 42.5 Å². The second kappa shape index (κ2) is 7.42. The number of benzene rings is 2. The predicted molar refractivity (Wildman–Crippen MR) is 97.6 cm³/mol. The Labute approximate surface area is 165 Å². The van der Waals surface area contributed by atoms with Crippen LogP contribution in [0.25, 0.3) is 0 Å². The van der Waals surface area contributed by atoms with Crippen molar-refractivity contribution in [3.8, 4) is 0 Å². The predicted octanol–water partition coefficient (Wildman–Crippen LogP) is 4.00. The molecule has 0 radical (unpaired) electrons. The van der Waals surface area contributed by atoms with Crippen molar-refractivity contribution >= 4 is 5.91 Å². The molecule has 1 amide bonds. The van der Waals surface area contributed by atoms with Gasteiger partial charge in [-0.05, 0) is 41.0 Å². The Bertz CT molecular complexity index is 945. The Kier molecular flexibility index (Phi) is 5.08. The number of ether oxygens (including phenoxy) is 1. The number of carbonyl (C=O) groups excluding carboxylic acids is 1. The summed E-state index contributed by atoms with van der Waals surface area (Å²) in [7, 11) is 1.74. The molecule has 154 valence electrons. The van der Waals surface area contributed by atoms with Crippen LogP contribution in [0.5, 0.6) is 0 Å². The van der Waals surface area contributed by atoms with Gasteiger partial charge < -0.3 is 9.64 Å². The number of rotatable bonds is 3. The van der Waals surface area contributed by atoms with Crippen LogP contribution in [0.2, 0.25) is 0 Å². The number of alkyl halides is 3. The molecular formula is C21H20F4N2O2. The minimum atomic E-state index is -4.59. The van der Waals surface area contributed by atoms with Crippen LogP contribution in [-0.2, 0) is 24.0 Å².